The van der Waals surface area contributed by atoms with Gasteiger partial charge in [-0.25, -0.2) is 0 Å². The summed E-state index contributed by atoms with van der Waals surface area (Å²) in [6.45, 7) is 2.19. The second kappa shape index (κ2) is 7.04. The second-order valence-corrected chi connectivity index (χ2v) is 8.80. The van der Waals surface area contributed by atoms with Gasteiger partial charge < -0.3 is 4.74 Å². The average Bonchev–Trinajstić information content (AvgIpc) is 2.73. The summed E-state index contributed by atoms with van der Waals surface area (Å²) in [6.07, 6.45) is 5.74. The Morgan fingerprint density at radius 1 is 1.14 bits per heavy atom. The molecule has 3 nitrogen and oxygen atoms in total. The van der Waals surface area contributed by atoms with Crippen LogP contribution in [0.2, 0.25) is 0 Å². The van der Waals surface area contributed by atoms with Gasteiger partial charge in [-0.05, 0) is 55.3 Å². The van der Waals surface area contributed by atoms with Gasteiger partial charge in [-0.3, -0.25) is 9.69 Å². The van der Waals surface area contributed by atoms with E-state index in [-0.39, 0.29) is 5.41 Å². The lowest BCUT2D eigenvalue weighted by Gasteiger charge is -2.58. The summed E-state index contributed by atoms with van der Waals surface area (Å²) in [4.78, 5) is 15.3. The molecule has 146 valence electrons. The number of hydrogen-bond donors (Lipinski definition) is 0. The predicted octanol–water partition coefficient (Wildman–Crippen LogP) is 4.18. The molecular weight excluding hydrogens is 346 g/mol. The van der Waals surface area contributed by atoms with Crippen LogP contribution in [0.25, 0.3) is 0 Å². The number of benzene rings is 2. The van der Waals surface area contributed by atoms with Gasteiger partial charge in [0.25, 0.3) is 0 Å². The molecule has 3 aliphatic rings. The number of likely N-dealkylation sites (tertiary alicyclic amines) is 1. The van der Waals surface area contributed by atoms with Crippen molar-refractivity contribution in [3.8, 4) is 5.75 Å². The Kier molecular flexibility index (Phi) is 4.51. The van der Waals surface area contributed by atoms with Crippen LogP contribution in [0.4, 0.5) is 0 Å². The molecule has 2 fully saturated rings. The molecule has 2 aromatic rings. The zero-order valence-electron chi connectivity index (χ0n) is 16.7. The van der Waals surface area contributed by atoms with E-state index >= 15 is 0 Å². The third-order valence-corrected chi connectivity index (χ3v) is 7.53. The highest BCUT2D eigenvalue weighted by Gasteiger charge is 2.56. The predicted molar refractivity (Wildman–Crippen MR) is 111 cm³/mol. The van der Waals surface area contributed by atoms with Crippen molar-refractivity contribution in [3.63, 3.8) is 0 Å². The fourth-order valence-electron chi connectivity index (χ4n) is 6.33. The molecule has 1 saturated carbocycles. The highest BCUT2D eigenvalue weighted by molar-refractivity contribution is 5.82. The molecular formula is C25H29NO2. The smallest absolute Gasteiger partial charge is 0.133 e. The molecule has 2 aromatic carbocycles. The number of ketones is 1. The molecule has 0 aromatic heterocycles. The number of ether oxygens (including phenoxy) is 1. The number of carbonyl (C=O) groups is 1. The Morgan fingerprint density at radius 3 is 2.82 bits per heavy atom. The van der Waals surface area contributed by atoms with Gasteiger partial charge in [0.2, 0.25) is 0 Å². The molecule has 1 aliphatic heterocycles. The van der Waals surface area contributed by atoms with Crippen molar-refractivity contribution in [2.75, 3.05) is 20.2 Å². The molecule has 3 heteroatoms. The third-order valence-electron chi connectivity index (χ3n) is 7.53. The van der Waals surface area contributed by atoms with Gasteiger partial charge in [-0.2, -0.15) is 0 Å². The SMILES string of the molecule is COc1cccc2c1[C@]13CCN(CCc4ccccc4)[C@H](C2)[C@@H]1CCC(=O)C3. The summed E-state index contributed by atoms with van der Waals surface area (Å²) in [5.74, 6) is 2.00. The van der Waals surface area contributed by atoms with Gasteiger partial charge in [0.05, 0.1) is 7.11 Å². The Hall–Kier alpha value is -2.13. The highest BCUT2D eigenvalue weighted by Crippen LogP contribution is 2.57. The molecule has 0 spiro atoms. The number of methoxy groups -OCH3 is 1. The van der Waals surface area contributed by atoms with Gasteiger partial charge in [0, 0.05) is 36.4 Å². The zero-order valence-corrected chi connectivity index (χ0v) is 16.7. The largest absolute Gasteiger partial charge is 0.496 e. The van der Waals surface area contributed by atoms with Gasteiger partial charge in [0.15, 0.2) is 0 Å². The van der Waals surface area contributed by atoms with Crippen LogP contribution in [0.3, 0.4) is 0 Å². The van der Waals surface area contributed by atoms with Crippen molar-refractivity contribution in [1.29, 1.82) is 0 Å². The first-order valence-electron chi connectivity index (χ1n) is 10.7. The first-order chi connectivity index (χ1) is 13.7. The van der Waals surface area contributed by atoms with E-state index in [1.807, 2.05) is 0 Å². The van der Waals surface area contributed by atoms with Crippen LogP contribution in [-0.2, 0) is 23.1 Å². The van der Waals surface area contributed by atoms with Crippen molar-refractivity contribution in [2.24, 2.45) is 5.92 Å². The number of hydrogen-bond acceptors (Lipinski definition) is 3. The Bertz CT molecular complexity index is 877. The van der Waals surface area contributed by atoms with E-state index in [1.165, 1.54) is 16.7 Å². The van der Waals surface area contributed by atoms with E-state index in [0.29, 0.717) is 24.2 Å². The maximum absolute atomic E-state index is 12.6. The van der Waals surface area contributed by atoms with Crippen LogP contribution in [0.15, 0.2) is 48.5 Å². The maximum Gasteiger partial charge on any atom is 0.133 e. The lowest BCUT2D eigenvalue weighted by atomic mass is 9.52. The summed E-state index contributed by atoms with van der Waals surface area (Å²) >= 11 is 0. The van der Waals surface area contributed by atoms with E-state index in [9.17, 15) is 4.79 Å². The van der Waals surface area contributed by atoms with Crippen LogP contribution in [0.5, 0.6) is 5.75 Å². The number of carbonyl (C=O) groups excluding carboxylic acids is 1. The topological polar surface area (TPSA) is 29.5 Å². The van der Waals surface area contributed by atoms with Crippen molar-refractivity contribution in [2.45, 2.75) is 50.0 Å². The molecule has 0 amide bonds. The molecule has 2 aliphatic carbocycles. The molecule has 1 saturated heterocycles. The molecule has 1 heterocycles. The van der Waals surface area contributed by atoms with Gasteiger partial charge in [0.1, 0.15) is 11.5 Å². The number of rotatable bonds is 4. The first-order valence-corrected chi connectivity index (χ1v) is 10.7. The number of Topliss-reactive ketones (excluding diaryl/α,β-unsaturated/α-hetero) is 1. The standard InChI is InChI=1S/C25H29NO2/c1-28-23-9-5-8-19-16-22-21-11-10-20(27)17-25(21,24(19)23)13-15-26(22)14-12-18-6-3-2-4-7-18/h2-9,21-22H,10-17H2,1H3/t21-,22+,25-/m0/s1. The zero-order chi connectivity index (χ0) is 19.1. The normalized spacial score (nSPS) is 29.1. The lowest BCUT2D eigenvalue weighted by Crippen LogP contribution is -2.62. The molecule has 0 unspecified atom stereocenters. The van der Waals surface area contributed by atoms with E-state index in [4.69, 9.17) is 4.74 Å². The highest BCUT2D eigenvalue weighted by atomic mass is 16.5. The number of fused-ring (bicyclic) bond motifs is 1. The van der Waals surface area contributed by atoms with E-state index in [0.717, 1.165) is 50.9 Å². The fraction of sp³-hybridized carbons (Fsp3) is 0.480. The van der Waals surface area contributed by atoms with Crippen LogP contribution in [-0.4, -0.2) is 36.9 Å². The van der Waals surface area contributed by atoms with Gasteiger partial charge in [-0.1, -0.05) is 42.5 Å². The molecule has 0 radical (unpaired) electrons. The van der Waals surface area contributed by atoms with Crippen molar-refractivity contribution in [3.05, 3.63) is 65.2 Å². The number of nitrogens with zero attached hydrogens (tertiary/aromatic N) is 1. The van der Waals surface area contributed by atoms with Gasteiger partial charge in [-0.15, -0.1) is 0 Å². The summed E-state index contributed by atoms with van der Waals surface area (Å²) in [6, 6.07) is 17.8. The molecule has 5 rings (SSSR count). The van der Waals surface area contributed by atoms with Crippen molar-refractivity contribution < 1.29 is 9.53 Å². The number of piperidine rings is 1. The molecule has 0 N–H and O–H groups in total. The van der Waals surface area contributed by atoms with Gasteiger partial charge >= 0.3 is 0 Å². The summed E-state index contributed by atoms with van der Waals surface area (Å²) in [7, 11) is 1.77. The van der Waals surface area contributed by atoms with Crippen molar-refractivity contribution in [1.82, 2.24) is 4.90 Å². The second-order valence-electron chi connectivity index (χ2n) is 8.80. The van der Waals surface area contributed by atoms with E-state index in [2.05, 4.69) is 53.4 Å². The fourth-order valence-corrected chi connectivity index (χ4v) is 6.33. The summed E-state index contributed by atoms with van der Waals surface area (Å²) < 4.78 is 5.79. The van der Waals surface area contributed by atoms with Crippen LogP contribution in [0, 0.1) is 5.92 Å². The lowest BCUT2D eigenvalue weighted by molar-refractivity contribution is -0.127. The average molecular weight is 376 g/mol. The Labute approximate surface area is 167 Å². The van der Waals surface area contributed by atoms with E-state index in [1.54, 1.807) is 7.11 Å². The molecule has 3 atom stereocenters. The molecule has 28 heavy (non-hydrogen) atoms. The van der Waals surface area contributed by atoms with Crippen molar-refractivity contribution >= 4 is 5.78 Å². The quantitative estimate of drug-likeness (QED) is 0.803. The molecule has 2 bridgehead atoms. The Balaban J connectivity index is 1.49. The summed E-state index contributed by atoms with van der Waals surface area (Å²) in [5, 5.41) is 0. The minimum atomic E-state index is -0.0105. The minimum Gasteiger partial charge on any atom is -0.496 e. The third kappa shape index (κ3) is 2.79. The van der Waals surface area contributed by atoms with Crippen LogP contribution < -0.4 is 4.74 Å². The van der Waals surface area contributed by atoms with Crippen LogP contribution in [0.1, 0.15) is 42.4 Å². The maximum atomic E-state index is 12.6. The summed E-state index contributed by atoms with van der Waals surface area (Å²) in [5.41, 5.74) is 4.16. The monoisotopic (exact) mass is 375 g/mol. The van der Waals surface area contributed by atoms with E-state index < -0.39 is 0 Å². The minimum absolute atomic E-state index is 0.0105. The first kappa shape index (κ1) is 17.9. The van der Waals surface area contributed by atoms with Crippen LogP contribution >= 0.6 is 0 Å². The Morgan fingerprint density at radius 2 is 2.00 bits per heavy atom.